The maximum absolute atomic E-state index is 13.7. The lowest BCUT2D eigenvalue weighted by Gasteiger charge is -2.19. The van der Waals surface area contributed by atoms with Crippen molar-refractivity contribution in [1.29, 1.82) is 0 Å². The molecule has 2 aromatic carbocycles. The van der Waals surface area contributed by atoms with E-state index in [0.29, 0.717) is 62.1 Å². The lowest BCUT2D eigenvalue weighted by atomic mass is 9.91. The fraction of sp³-hybridized carbons (Fsp3) is 0.242. The Balaban J connectivity index is 1.60. The number of aryl methyl sites for hydroxylation is 3. The molecule has 7 nitrogen and oxygen atoms in total. The molecule has 0 atom stereocenters. The number of nitrogens with one attached hydrogen (secondary N) is 1. The van der Waals surface area contributed by atoms with E-state index >= 15 is 0 Å². The number of hydrogen-bond acceptors (Lipinski definition) is 7. The summed E-state index contributed by atoms with van der Waals surface area (Å²) in [7, 11) is 0. The smallest absolute Gasteiger partial charge is 0.261 e. The average Bonchev–Trinajstić information content (AvgIpc) is 3.66. The van der Waals surface area contributed by atoms with Crippen molar-refractivity contribution < 1.29 is 22.8 Å². The number of aromatic nitrogens is 3. The molecular formula is C33H30F3N5O2S2. The van der Waals surface area contributed by atoms with Crippen LogP contribution in [0.1, 0.15) is 61.4 Å². The van der Waals surface area contributed by atoms with Crippen LogP contribution < -0.4 is 11.1 Å². The third kappa shape index (κ3) is 7.46. The minimum atomic E-state index is -0.997. The van der Waals surface area contributed by atoms with Crippen LogP contribution in [0.5, 0.6) is 0 Å². The van der Waals surface area contributed by atoms with Crippen molar-refractivity contribution in [3.63, 3.8) is 0 Å². The fourth-order valence-electron chi connectivity index (χ4n) is 4.97. The molecule has 0 unspecified atom stereocenters. The van der Waals surface area contributed by atoms with Gasteiger partial charge in [-0.3, -0.25) is 14.6 Å². The second kappa shape index (κ2) is 13.7. The van der Waals surface area contributed by atoms with Gasteiger partial charge in [0.15, 0.2) is 11.6 Å². The number of carbonyl (C=O) groups excluding carboxylic acids is 2. The van der Waals surface area contributed by atoms with Gasteiger partial charge >= 0.3 is 0 Å². The van der Waals surface area contributed by atoms with Crippen molar-refractivity contribution >= 4 is 34.5 Å². The zero-order valence-electron chi connectivity index (χ0n) is 24.8. The molecule has 5 aromatic rings. The van der Waals surface area contributed by atoms with Gasteiger partial charge in [-0.05, 0) is 79.6 Å². The number of hydrogen-bond donors (Lipinski definition) is 2. The Kier molecular flexibility index (Phi) is 9.74. The summed E-state index contributed by atoms with van der Waals surface area (Å²) in [6.07, 6.45) is 1.50. The number of halogens is 3. The summed E-state index contributed by atoms with van der Waals surface area (Å²) < 4.78 is 40.6. The van der Waals surface area contributed by atoms with E-state index in [1.165, 1.54) is 40.9 Å². The monoisotopic (exact) mass is 649 g/mol. The summed E-state index contributed by atoms with van der Waals surface area (Å²) in [5.41, 5.74) is 9.98. The maximum atomic E-state index is 13.7. The van der Waals surface area contributed by atoms with Crippen LogP contribution in [-0.4, -0.2) is 27.0 Å². The number of thiophene rings is 1. The minimum absolute atomic E-state index is 0.00750. The Morgan fingerprint density at radius 2 is 1.60 bits per heavy atom. The Morgan fingerprint density at radius 1 is 0.867 bits per heavy atom. The number of pyridine rings is 1. The van der Waals surface area contributed by atoms with Crippen LogP contribution in [0.3, 0.4) is 0 Å². The van der Waals surface area contributed by atoms with E-state index in [0.717, 1.165) is 22.7 Å². The van der Waals surface area contributed by atoms with E-state index in [1.54, 1.807) is 24.3 Å². The molecule has 232 valence electrons. The molecule has 0 spiro atoms. The number of primary amides is 1. The van der Waals surface area contributed by atoms with E-state index in [9.17, 15) is 22.8 Å². The molecule has 0 aliphatic rings. The number of nitrogens with zero attached hydrogens (tertiary/aromatic N) is 3. The van der Waals surface area contributed by atoms with Gasteiger partial charge in [0, 0.05) is 22.5 Å². The minimum Gasteiger partial charge on any atom is -0.366 e. The Bertz CT molecular complexity index is 1870. The molecule has 3 N–H and O–H groups in total. The van der Waals surface area contributed by atoms with Crippen LogP contribution in [0.4, 0.5) is 13.2 Å². The van der Waals surface area contributed by atoms with Crippen LogP contribution in [0.15, 0.2) is 54.6 Å². The largest absolute Gasteiger partial charge is 0.366 e. The van der Waals surface area contributed by atoms with E-state index in [-0.39, 0.29) is 23.8 Å². The lowest BCUT2D eigenvalue weighted by molar-refractivity contribution is 0.0953. The van der Waals surface area contributed by atoms with Crippen molar-refractivity contribution in [2.75, 3.05) is 0 Å². The maximum Gasteiger partial charge on any atom is 0.261 e. The first-order chi connectivity index (χ1) is 21.5. The molecule has 0 aliphatic heterocycles. The van der Waals surface area contributed by atoms with Gasteiger partial charge in [0.05, 0.1) is 21.8 Å². The standard InChI is InChI=1S/C33H30F3N5O2S2/c1-17(2)14-25-28(31(37)42)30(26-12-13-27(45-26)32(43)38-16-20-6-10-22(35)23(36)15-20)29(33-41-40-18(3)44-33)24(39-25)11-7-19-4-8-21(34)9-5-19/h4-6,8-10,12-13,15,17H,7,11,14,16H2,1-3H3,(H2,37,42)(H,38,43). The first-order valence-electron chi connectivity index (χ1n) is 14.2. The van der Waals surface area contributed by atoms with Crippen LogP contribution >= 0.6 is 22.7 Å². The Hall–Kier alpha value is -4.42. The molecule has 0 bridgehead atoms. The molecule has 0 saturated heterocycles. The summed E-state index contributed by atoms with van der Waals surface area (Å²) in [5, 5.41) is 12.6. The first kappa shape index (κ1) is 32.0. The van der Waals surface area contributed by atoms with Gasteiger partial charge in [0.1, 0.15) is 15.8 Å². The van der Waals surface area contributed by atoms with Crippen LogP contribution in [-0.2, 0) is 25.8 Å². The zero-order valence-corrected chi connectivity index (χ0v) is 26.4. The van der Waals surface area contributed by atoms with Gasteiger partial charge < -0.3 is 11.1 Å². The topological polar surface area (TPSA) is 111 Å². The summed E-state index contributed by atoms with van der Waals surface area (Å²) in [6, 6.07) is 13.1. The molecule has 3 heterocycles. The van der Waals surface area contributed by atoms with Gasteiger partial charge in [-0.25, -0.2) is 13.2 Å². The predicted octanol–water partition coefficient (Wildman–Crippen LogP) is 7.07. The van der Waals surface area contributed by atoms with Crippen molar-refractivity contribution in [2.24, 2.45) is 11.7 Å². The van der Waals surface area contributed by atoms with Gasteiger partial charge in [-0.2, -0.15) is 0 Å². The molecule has 5 rings (SSSR count). The second-order valence-electron chi connectivity index (χ2n) is 10.9. The SMILES string of the molecule is Cc1nnc(-c2c(CCc3ccc(F)cc3)nc(CC(C)C)c(C(N)=O)c2-c2ccc(C(=O)NCc3ccc(F)c(F)c3)s2)s1. The van der Waals surface area contributed by atoms with E-state index in [4.69, 9.17) is 10.7 Å². The van der Waals surface area contributed by atoms with Crippen LogP contribution in [0, 0.1) is 30.3 Å². The normalized spacial score (nSPS) is 11.3. The average molecular weight is 650 g/mol. The third-order valence-corrected chi connectivity index (χ3v) is 8.97. The Labute approximate surface area is 266 Å². The highest BCUT2D eigenvalue weighted by molar-refractivity contribution is 7.17. The summed E-state index contributed by atoms with van der Waals surface area (Å²) in [6.45, 7) is 5.86. The second-order valence-corrected chi connectivity index (χ2v) is 13.2. The molecule has 12 heteroatoms. The molecule has 0 radical (unpaired) electrons. The van der Waals surface area contributed by atoms with Crippen molar-refractivity contribution in [3.05, 3.63) is 110 Å². The molecular weight excluding hydrogens is 620 g/mol. The number of carbonyl (C=O) groups is 2. The van der Waals surface area contributed by atoms with Crippen molar-refractivity contribution in [1.82, 2.24) is 20.5 Å². The highest BCUT2D eigenvalue weighted by Gasteiger charge is 2.28. The number of rotatable bonds is 11. The van der Waals surface area contributed by atoms with E-state index < -0.39 is 23.4 Å². The fourth-order valence-corrected chi connectivity index (χ4v) is 6.72. The molecule has 2 amide bonds. The van der Waals surface area contributed by atoms with Gasteiger partial charge in [0.2, 0.25) is 0 Å². The van der Waals surface area contributed by atoms with E-state index in [2.05, 4.69) is 15.5 Å². The van der Waals surface area contributed by atoms with Gasteiger partial charge in [-0.15, -0.1) is 21.5 Å². The van der Waals surface area contributed by atoms with Crippen LogP contribution in [0.25, 0.3) is 21.0 Å². The molecule has 0 saturated carbocycles. The van der Waals surface area contributed by atoms with Gasteiger partial charge in [-0.1, -0.05) is 43.4 Å². The van der Waals surface area contributed by atoms with E-state index in [1.807, 2.05) is 20.8 Å². The number of amides is 2. The Morgan fingerprint density at radius 3 is 2.24 bits per heavy atom. The quantitative estimate of drug-likeness (QED) is 0.159. The number of nitrogens with two attached hydrogens (primary N) is 1. The molecule has 3 aromatic heterocycles. The predicted molar refractivity (Wildman–Crippen MR) is 170 cm³/mol. The van der Waals surface area contributed by atoms with Crippen molar-refractivity contribution in [3.8, 4) is 21.0 Å². The lowest BCUT2D eigenvalue weighted by Crippen LogP contribution is -2.21. The first-order valence-corrected chi connectivity index (χ1v) is 15.9. The summed E-state index contributed by atoms with van der Waals surface area (Å²) >= 11 is 2.52. The molecule has 45 heavy (non-hydrogen) atoms. The zero-order chi connectivity index (χ0) is 32.2. The van der Waals surface area contributed by atoms with Crippen molar-refractivity contribution in [2.45, 2.75) is 46.6 Å². The summed E-state index contributed by atoms with van der Waals surface area (Å²) in [4.78, 5) is 32.2. The molecule has 0 aliphatic carbocycles. The number of benzene rings is 2. The molecule has 0 fully saturated rings. The highest BCUT2D eigenvalue weighted by atomic mass is 32.1. The third-order valence-electron chi connectivity index (χ3n) is 7.01. The highest BCUT2D eigenvalue weighted by Crippen LogP contribution is 2.43. The van der Waals surface area contributed by atoms with Gasteiger partial charge in [0.25, 0.3) is 11.8 Å². The summed E-state index contributed by atoms with van der Waals surface area (Å²) in [5.74, 6) is -3.20. The van der Waals surface area contributed by atoms with Crippen LogP contribution in [0.2, 0.25) is 0 Å².